The first kappa shape index (κ1) is 20.8. The van der Waals surface area contributed by atoms with E-state index in [0.29, 0.717) is 28.4 Å². The van der Waals surface area contributed by atoms with Gasteiger partial charge in [-0.15, -0.1) is 0 Å². The monoisotopic (exact) mass is 445 g/mol. The largest absolute Gasteiger partial charge is 0.464 e. The van der Waals surface area contributed by atoms with Crippen LogP contribution in [0.15, 0.2) is 35.5 Å². The summed E-state index contributed by atoms with van der Waals surface area (Å²) in [5.41, 5.74) is 1.73. The van der Waals surface area contributed by atoms with E-state index in [9.17, 15) is 9.90 Å². The first-order valence-electron chi connectivity index (χ1n) is 9.82. The van der Waals surface area contributed by atoms with Crippen LogP contribution >= 0.6 is 23.1 Å². The third-order valence-electron chi connectivity index (χ3n) is 4.41. The van der Waals surface area contributed by atoms with Crippen molar-refractivity contribution >= 4 is 50.4 Å². The molecule has 2 heterocycles. The Labute approximate surface area is 182 Å². The van der Waals surface area contributed by atoms with Gasteiger partial charge >= 0.3 is 5.97 Å². The molecule has 3 N–H and O–H groups in total. The third-order valence-corrected chi connectivity index (χ3v) is 6.31. The number of benzene rings is 1. The van der Waals surface area contributed by atoms with E-state index in [4.69, 9.17) is 4.74 Å². The van der Waals surface area contributed by atoms with E-state index >= 15 is 0 Å². The highest BCUT2D eigenvalue weighted by Crippen LogP contribution is 2.35. The van der Waals surface area contributed by atoms with Crippen molar-refractivity contribution < 1.29 is 14.6 Å². The van der Waals surface area contributed by atoms with Gasteiger partial charge in [0.1, 0.15) is 10.7 Å². The van der Waals surface area contributed by atoms with Crippen LogP contribution < -0.4 is 10.6 Å². The topological polar surface area (TPSA) is 109 Å². The molecular formula is C20H23N5O3S2. The molecule has 1 saturated carbocycles. The zero-order valence-corrected chi connectivity index (χ0v) is 18.1. The molecule has 1 atom stereocenters. The lowest BCUT2D eigenvalue weighted by Gasteiger charge is -2.16. The zero-order valence-electron chi connectivity index (χ0n) is 16.5. The van der Waals surface area contributed by atoms with Gasteiger partial charge in [-0.1, -0.05) is 53.4 Å². The predicted molar refractivity (Wildman–Crippen MR) is 119 cm³/mol. The molecule has 2 aromatic heterocycles. The van der Waals surface area contributed by atoms with Crippen LogP contribution in [0.1, 0.15) is 25.3 Å². The number of aromatic nitrogens is 3. The Hall–Kier alpha value is -2.43. The van der Waals surface area contributed by atoms with Gasteiger partial charge in [-0.3, -0.25) is 0 Å². The van der Waals surface area contributed by atoms with Crippen LogP contribution in [0.5, 0.6) is 0 Å². The Morgan fingerprint density at radius 3 is 2.80 bits per heavy atom. The van der Waals surface area contributed by atoms with Gasteiger partial charge in [0.25, 0.3) is 0 Å². The molecule has 10 heteroatoms. The fraction of sp³-hybridized carbons (Fsp3) is 0.400. The molecular weight excluding hydrogens is 422 g/mol. The average Bonchev–Trinajstić information content (AvgIpc) is 3.47. The van der Waals surface area contributed by atoms with Gasteiger partial charge in [0, 0.05) is 11.8 Å². The fourth-order valence-corrected chi connectivity index (χ4v) is 4.47. The van der Waals surface area contributed by atoms with Gasteiger partial charge in [-0.05, 0) is 25.3 Å². The number of ether oxygens (including phenoxy) is 1. The highest BCUT2D eigenvalue weighted by molar-refractivity contribution is 7.98. The van der Waals surface area contributed by atoms with Crippen molar-refractivity contribution in [2.75, 3.05) is 23.8 Å². The van der Waals surface area contributed by atoms with Crippen LogP contribution in [0.3, 0.4) is 0 Å². The summed E-state index contributed by atoms with van der Waals surface area (Å²) >= 11 is 2.93. The van der Waals surface area contributed by atoms with Crippen LogP contribution in [0.2, 0.25) is 0 Å². The number of rotatable bonds is 10. The summed E-state index contributed by atoms with van der Waals surface area (Å²) in [6, 6.07) is 9.63. The van der Waals surface area contributed by atoms with Gasteiger partial charge in [-0.25, -0.2) is 14.8 Å². The Morgan fingerprint density at radius 1 is 1.30 bits per heavy atom. The van der Waals surface area contributed by atoms with Crippen molar-refractivity contribution in [3.63, 3.8) is 0 Å². The maximum absolute atomic E-state index is 12.2. The van der Waals surface area contributed by atoms with E-state index in [0.717, 1.165) is 28.2 Å². The number of nitrogens with zero attached hydrogens (tertiary/aromatic N) is 3. The van der Waals surface area contributed by atoms with Crippen molar-refractivity contribution in [1.29, 1.82) is 0 Å². The predicted octanol–water partition coefficient (Wildman–Crippen LogP) is 3.29. The van der Waals surface area contributed by atoms with Crippen molar-refractivity contribution in [2.45, 2.75) is 42.8 Å². The number of fused-ring (bicyclic) bond motifs is 1. The van der Waals surface area contributed by atoms with Gasteiger partial charge in [-0.2, -0.15) is 4.98 Å². The third kappa shape index (κ3) is 5.18. The molecule has 1 fully saturated rings. The maximum Gasteiger partial charge on any atom is 0.331 e. The summed E-state index contributed by atoms with van der Waals surface area (Å²) in [6.07, 6.45) is 2.28. The number of carbonyl (C=O) groups is 1. The Morgan fingerprint density at radius 2 is 2.10 bits per heavy atom. The summed E-state index contributed by atoms with van der Waals surface area (Å²) in [4.78, 5) is 26.0. The zero-order chi connectivity index (χ0) is 20.9. The summed E-state index contributed by atoms with van der Waals surface area (Å²) < 4.78 is 5.79. The molecule has 1 aliphatic carbocycles. The SMILES string of the molecule is CCOC(=O)[C@H](CO)Nc1nc(SCc2ccccc2)nc2nc(NC3CC3)sc12. The molecule has 0 aliphatic heterocycles. The number of hydrogen-bond acceptors (Lipinski definition) is 10. The minimum absolute atomic E-state index is 0.240. The van der Waals surface area contributed by atoms with Gasteiger partial charge in [0.15, 0.2) is 21.8 Å². The molecule has 1 aliphatic rings. The Balaban J connectivity index is 1.62. The standard InChI is InChI=1S/C20H23N5O3S2/c1-2-28-18(27)14(10-26)22-16-15-17(25-20(30-15)21-13-8-9-13)24-19(23-16)29-11-12-6-4-3-5-7-12/h3-7,13-14,26H,2,8-11H2,1H3,(H2,21,22,23,24,25)/t14-/m0/s1. The highest BCUT2D eigenvalue weighted by Gasteiger charge is 2.25. The van der Waals surface area contributed by atoms with E-state index < -0.39 is 18.6 Å². The molecule has 8 nitrogen and oxygen atoms in total. The van der Waals surface area contributed by atoms with Crippen LogP contribution in [0, 0.1) is 0 Å². The molecule has 158 valence electrons. The van der Waals surface area contributed by atoms with Crippen LogP contribution in [0.25, 0.3) is 10.3 Å². The minimum Gasteiger partial charge on any atom is -0.464 e. The second kappa shape index (κ2) is 9.59. The summed E-state index contributed by atoms with van der Waals surface area (Å²) in [5.74, 6) is 0.667. The number of thioether (sulfide) groups is 1. The molecule has 0 amide bonds. The van der Waals surface area contributed by atoms with E-state index in [-0.39, 0.29) is 6.61 Å². The average molecular weight is 446 g/mol. The summed E-state index contributed by atoms with van der Waals surface area (Å²) in [6.45, 7) is 1.57. The number of aliphatic hydroxyl groups is 1. The first-order valence-corrected chi connectivity index (χ1v) is 11.6. The molecule has 30 heavy (non-hydrogen) atoms. The van der Waals surface area contributed by atoms with Crippen molar-refractivity contribution in [3.8, 4) is 0 Å². The van der Waals surface area contributed by atoms with Gasteiger partial charge in [0.05, 0.1) is 13.2 Å². The number of carbonyl (C=O) groups excluding carboxylic acids is 1. The molecule has 4 rings (SSSR count). The summed E-state index contributed by atoms with van der Waals surface area (Å²) in [7, 11) is 0. The van der Waals surface area contributed by atoms with Gasteiger partial charge in [0.2, 0.25) is 0 Å². The second-order valence-corrected chi connectivity index (χ2v) is 8.79. The van der Waals surface area contributed by atoms with E-state index in [1.54, 1.807) is 6.92 Å². The Bertz CT molecular complexity index is 1010. The van der Waals surface area contributed by atoms with Crippen molar-refractivity contribution in [3.05, 3.63) is 35.9 Å². The molecule has 0 saturated heterocycles. The van der Waals surface area contributed by atoms with Crippen molar-refractivity contribution in [1.82, 2.24) is 15.0 Å². The maximum atomic E-state index is 12.2. The van der Waals surface area contributed by atoms with E-state index in [1.165, 1.54) is 23.1 Å². The lowest BCUT2D eigenvalue weighted by atomic mass is 10.2. The number of anilines is 2. The van der Waals surface area contributed by atoms with Gasteiger partial charge < -0.3 is 20.5 Å². The van der Waals surface area contributed by atoms with Crippen LogP contribution in [0.4, 0.5) is 10.9 Å². The Kier molecular flexibility index (Phi) is 6.66. The molecule has 1 aromatic carbocycles. The lowest BCUT2D eigenvalue weighted by molar-refractivity contribution is -0.144. The van der Waals surface area contributed by atoms with Crippen LogP contribution in [-0.2, 0) is 15.3 Å². The van der Waals surface area contributed by atoms with Crippen molar-refractivity contribution in [2.24, 2.45) is 0 Å². The quantitative estimate of drug-likeness (QED) is 0.246. The smallest absolute Gasteiger partial charge is 0.331 e. The number of hydrogen-bond donors (Lipinski definition) is 3. The molecule has 0 radical (unpaired) electrons. The number of nitrogens with one attached hydrogen (secondary N) is 2. The fourth-order valence-electron chi connectivity index (χ4n) is 2.74. The number of thiazole rings is 1. The summed E-state index contributed by atoms with van der Waals surface area (Å²) in [5, 5.41) is 17.4. The second-order valence-electron chi connectivity index (χ2n) is 6.85. The molecule has 3 aromatic rings. The minimum atomic E-state index is -0.906. The lowest BCUT2D eigenvalue weighted by Crippen LogP contribution is -2.35. The molecule has 0 unspecified atom stereocenters. The normalized spacial score (nSPS) is 14.5. The van der Waals surface area contributed by atoms with Crippen LogP contribution in [-0.4, -0.2) is 51.3 Å². The molecule has 0 spiro atoms. The number of aliphatic hydroxyl groups excluding tert-OH is 1. The first-order chi connectivity index (χ1) is 14.7. The number of esters is 1. The molecule has 0 bridgehead atoms. The van der Waals surface area contributed by atoms with E-state index in [1.807, 2.05) is 30.3 Å². The van der Waals surface area contributed by atoms with E-state index in [2.05, 4.69) is 25.6 Å². The highest BCUT2D eigenvalue weighted by atomic mass is 32.2.